The minimum Gasteiger partial charge on any atom is -0.367 e. The first-order chi connectivity index (χ1) is 11.3. The second kappa shape index (κ2) is 7.18. The molecule has 1 heterocycles. The summed E-state index contributed by atoms with van der Waals surface area (Å²) in [6.45, 7) is 2.87. The molecule has 0 saturated heterocycles. The molecule has 0 aliphatic carbocycles. The van der Waals surface area contributed by atoms with Gasteiger partial charge in [0.15, 0.2) is 5.96 Å². The molecule has 2 aromatic rings. The van der Waals surface area contributed by atoms with Gasteiger partial charge in [-0.05, 0) is 29.2 Å². The Labute approximate surface area is 138 Å². The highest BCUT2D eigenvalue weighted by Crippen LogP contribution is 2.28. The molecule has 23 heavy (non-hydrogen) atoms. The number of hydrogen-bond acceptors (Lipinski definition) is 2. The molecule has 0 radical (unpaired) electrons. The molecule has 0 atom stereocenters. The molecule has 0 unspecified atom stereocenters. The van der Waals surface area contributed by atoms with Crippen molar-refractivity contribution in [2.24, 2.45) is 4.99 Å². The van der Waals surface area contributed by atoms with E-state index in [0.29, 0.717) is 0 Å². The zero-order valence-electron chi connectivity index (χ0n) is 13.8. The predicted octanol–water partition coefficient (Wildman–Crippen LogP) is 2.54. The first-order valence-electron chi connectivity index (χ1n) is 8.09. The highest BCUT2D eigenvalue weighted by atomic mass is 15.2. The van der Waals surface area contributed by atoms with E-state index in [0.717, 1.165) is 32.0 Å². The Kier molecular flexibility index (Phi) is 4.81. The van der Waals surface area contributed by atoms with Gasteiger partial charge in [-0.1, -0.05) is 42.5 Å². The van der Waals surface area contributed by atoms with Crippen molar-refractivity contribution in [1.29, 1.82) is 0 Å². The summed E-state index contributed by atoms with van der Waals surface area (Å²) in [5.41, 5.74) is 5.46. The van der Waals surface area contributed by atoms with E-state index in [-0.39, 0.29) is 0 Å². The molecule has 2 aromatic carbocycles. The maximum atomic E-state index is 4.12. The van der Waals surface area contributed by atoms with Crippen LogP contribution in [0.3, 0.4) is 0 Å². The lowest BCUT2D eigenvalue weighted by molar-refractivity contribution is 0.832. The lowest BCUT2D eigenvalue weighted by Gasteiger charge is -2.19. The Morgan fingerprint density at radius 1 is 1.09 bits per heavy atom. The number of fused-ring (bicyclic) bond motifs is 1. The normalized spacial score (nSPS) is 13.8. The molecule has 1 aliphatic rings. The predicted molar refractivity (Wildman–Crippen MR) is 96.9 cm³/mol. The molecular weight excluding hydrogens is 284 g/mol. The zero-order chi connectivity index (χ0) is 16.1. The van der Waals surface area contributed by atoms with Gasteiger partial charge in [0.25, 0.3) is 0 Å². The summed E-state index contributed by atoms with van der Waals surface area (Å²) in [6, 6.07) is 17.5. The van der Waals surface area contributed by atoms with E-state index < -0.39 is 0 Å². The van der Waals surface area contributed by atoms with Crippen molar-refractivity contribution in [1.82, 2.24) is 10.6 Å². The van der Waals surface area contributed by atoms with Gasteiger partial charge in [-0.25, -0.2) is 0 Å². The van der Waals surface area contributed by atoms with Crippen molar-refractivity contribution in [3.63, 3.8) is 0 Å². The van der Waals surface area contributed by atoms with Gasteiger partial charge in [0.1, 0.15) is 0 Å². The van der Waals surface area contributed by atoms with Crippen LogP contribution in [0, 0.1) is 0 Å². The smallest absolute Gasteiger partial charge is 0.190 e. The maximum absolute atomic E-state index is 4.12. The van der Waals surface area contributed by atoms with Gasteiger partial charge in [0.2, 0.25) is 0 Å². The molecule has 3 rings (SSSR count). The fraction of sp³-hybridized carbons (Fsp3) is 0.316. The molecule has 2 N–H and O–H groups in total. The highest BCUT2D eigenvalue weighted by molar-refractivity contribution is 5.79. The monoisotopic (exact) mass is 308 g/mol. The molecule has 0 bridgehead atoms. The number of nitrogens with one attached hydrogen (secondary N) is 2. The Bertz CT molecular complexity index is 676. The zero-order valence-corrected chi connectivity index (χ0v) is 13.8. The van der Waals surface area contributed by atoms with E-state index in [1.165, 1.54) is 22.4 Å². The minimum absolute atomic E-state index is 0.778. The third-order valence-corrected chi connectivity index (χ3v) is 4.30. The number of para-hydroxylation sites is 1. The van der Waals surface area contributed by atoms with Crippen molar-refractivity contribution in [2.45, 2.75) is 19.5 Å². The Balaban J connectivity index is 1.60. The standard InChI is InChI=1S/C19H24N4/c1-20-19(21-2)22-13-15-7-9-16(10-8-15)14-23-12-11-17-5-3-4-6-18(17)23/h3-10H,11-14H2,1-2H3,(H2,20,21,22). The van der Waals surface area contributed by atoms with Crippen LogP contribution in [0.15, 0.2) is 53.5 Å². The Hall–Kier alpha value is -2.49. The maximum Gasteiger partial charge on any atom is 0.190 e. The molecule has 0 amide bonds. The number of guanidine groups is 1. The van der Waals surface area contributed by atoms with E-state index in [1.54, 1.807) is 7.05 Å². The minimum atomic E-state index is 0.778. The van der Waals surface area contributed by atoms with Crippen LogP contribution in [0.4, 0.5) is 5.69 Å². The second-order valence-corrected chi connectivity index (χ2v) is 5.79. The van der Waals surface area contributed by atoms with E-state index in [9.17, 15) is 0 Å². The van der Waals surface area contributed by atoms with Crippen LogP contribution in [0.5, 0.6) is 0 Å². The third kappa shape index (κ3) is 3.65. The summed E-state index contributed by atoms with van der Waals surface area (Å²) in [6.07, 6.45) is 1.15. The fourth-order valence-corrected chi connectivity index (χ4v) is 3.02. The van der Waals surface area contributed by atoms with Gasteiger partial charge in [-0.2, -0.15) is 0 Å². The second-order valence-electron chi connectivity index (χ2n) is 5.79. The molecule has 0 aromatic heterocycles. The molecule has 120 valence electrons. The lowest BCUT2D eigenvalue weighted by Crippen LogP contribution is -2.34. The van der Waals surface area contributed by atoms with Crippen LogP contribution in [-0.4, -0.2) is 26.6 Å². The van der Waals surface area contributed by atoms with E-state index in [4.69, 9.17) is 0 Å². The first kappa shape index (κ1) is 15.4. The molecule has 0 saturated carbocycles. The topological polar surface area (TPSA) is 39.7 Å². The molecule has 1 aliphatic heterocycles. The van der Waals surface area contributed by atoms with Gasteiger partial charge in [-0.15, -0.1) is 0 Å². The number of aliphatic imine (C=N–C) groups is 1. The van der Waals surface area contributed by atoms with Gasteiger partial charge in [0.05, 0.1) is 0 Å². The highest BCUT2D eigenvalue weighted by Gasteiger charge is 2.17. The molecular formula is C19H24N4. The van der Waals surface area contributed by atoms with Crippen LogP contribution in [-0.2, 0) is 19.5 Å². The third-order valence-electron chi connectivity index (χ3n) is 4.30. The number of anilines is 1. The van der Waals surface area contributed by atoms with E-state index in [2.05, 4.69) is 69.1 Å². The van der Waals surface area contributed by atoms with Crippen LogP contribution >= 0.6 is 0 Å². The van der Waals surface area contributed by atoms with Crippen molar-refractivity contribution in [2.75, 3.05) is 25.5 Å². The summed E-state index contributed by atoms with van der Waals surface area (Å²) in [5.74, 6) is 0.808. The molecule has 4 heteroatoms. The van der Waals surface area contributed by atoms with Crippen LogP contribution in [0.1, 0.15) is 16.7 Å². The largest absolute Gasteiger partial charge is 0.367 e. The van der Waals surface area contributed by atoms with Crippen molar-refractivity contribution < 1.29 is 0 Å². The quantitative estimate of drug-likeness (QED) is 0.673. The lowest BCUT2D eigenvalue weighted by atomic mass is 10.1. The van der Waals surface area contributed by atoms with Crippen molar-refractivity contribution in [3.8, 4) is 0 Å². The van der Waals surface area contributed by atoms with E-state index in [1.807, 2.05) is 7.05 Å². The summed E-state index contributed by atoms with van der Waals surface area (Å²) >= 11 is 0. The van der Waals surface area contributed by atoms with Gasteiger partial charge < -0.3 is 15.5 Å². The van der Waals surface area contributed by atoms with Crippen LogP contribution < -0.4 is 15.5 Å². The average Bonchev–Trinajstić information content (AvgIpc) is 3.00. The average molecular weight is 308 g/mol. The first-order valence-corrected chi connectivity index (χ1v) is 8.09. The van der Waals surface area contributed by atoms with Crippen LogP contribution in [0.25, 0.3) is 0 Å². The number of hydrogen-bond donors (Lipinski definition) is 2. The van der Waals surface area contributed by atoms with Gasteiger partial charge >= 0.3 is 0 Å². The Morgan fingerprint density at radius 3 is 2.57 bits per heavy atom. The van der Waals surface area contributed by atoms with Crippen LogP contribution in [0.2, 0.25) is 0 Å². The van der Waals surface area contributed by atoms with Gasteiger partial charge in [0, 0.05) is 39.4 Å². The summed E-state index contributed by atoms with van der Waals surface area (Å²) in [7, 11) is 3.64. The molecule has 0 spiro atoms. The van der Waals surface area contributed by atoms with Gasteiger partial charge in [-0.3, -0.25) is 4.99 Å². The summed E-state index contributed by atoms with van der Waals surface area (Å²) in [4.78, 5) is 6.58. The number of benzene rings is 2. The number of nitrogens with zero attached hydrogens (tertiary/aromatic N) is 2. The van der Waals surface area contributed by atoms with E-state index >= 15 is 0 Å². The van der Waals surface area contributed by atoms with Crippen molar-refractivity contribution >= 4 is 11.6 Å². The number of rotatable bonds is 4. The summed E-state index contributed by atoms with van der Waals surface area (Å²) < 4.78 is 0. The fourth-order valence-electron chi connectivity index (χ4n) is 3.02. The SMILES string of the molecule is CN=C(NC)NCc1ccc(CN2CCc3ccccc32)cc1. The molecule has 4 nitrogen and oxygen atoms in total. The Morgan fingerprint density at radius 2 is 1.83 bits per heavy atom. The molecule has 0 fully saturated rings. The van der Waals surface area contributed by atoms with Crippen molar-refractivity contribution in [3.05, 3.63) is 65.2 Å². The summed E-state index contributed by atoms with van der Waals surface area (Å²) in [5, 5.41) is 6.29.